The molecular weight excluding hydrogens is 304 g/mol. The minimum Gasteiger partial charge on any atom is -0.366 e. The van der Waals surface area contributed by atoms with E-state index in [2.05, 4.69) is 27.3 Å². The molecule has 2 aromatic rings. The van der Waals surface area contributed by atoms with Crippen molar-refractivity contribution in [1.82, 2.24) is 20.1 Å². The minimum absolute atomic E-state index is 0.0155. The largest absolute Gasteiger partial charge is 0.366 e. The van der Waals surface area contributed by atoms with E-state index in [0.717, 1.165) is 25.1 Å². The lowest BCUT2D eigenvalue weighted by Crippen LogP contribution is -2.44. The fourth-order valence-electron chi connectivity index (χ4n) is 3.65. The molecule has 0 saturated carbocycles. The molecule has 1 N–H and O–H groups in total. The zero-order valence-electron chi connectivity index (χ0n) is 13.9. The summed E-state index contributed by atoms with van der Waals surface area (Å²) >= 11 is 0. The van der Waals surface area contributed by atoms with E-state index in [9.17, 15) is 4.79 Å². The van der Waals surface area contributed by atoms with Gasteiger partial charge in [0.15, 0.2) is 5.82 Å². The predicted octanol–water partition coefficient (Wildman–Crippen LogP) is 2.00. The average molecular weight is 326 g/mol. The molecule has 6 nitrogen and oxygen atoms in total. The van der Waals surface area contributed by atoms with Gasteiger partial charge in [0, 0.05) is 13.0 Å². The van der Waals surface area contributed by atoms with Gasteiger partial charge in [-0.3, -0.25) is 9.89 Å². The Labute approximate surface area is 141 Å². The number of H-pyrrole nitrogens is 1. The van der Waals surface area contributed by atoms with E-state index in [1.807, 2.05) is 24.0 Å². The van der Waals surface area contributed by atoms with Gasteiger partial charge in [-0.25, -0.2) is 4.98 Å². The highest BCUT2D eigenvalue weighted by molar-refractivity contribution is 5.85. The standard InChI is InChI=1S/C18H22N4O2/c1-2-16-19-17(21-20-16)15-11-22(9-10-24-15)18(23)14-8-7-12-5-3-4-6-13(12)14/h3-6,14-15H,2,7-11H2,1H3,(H,19,20,21)/t14-,15-/m1/s1. The number of amides is 1. The number of aromatic nitrogens is 3. The summed E-state index contributed by atoms with van der Waals surface area (Å²) in [4.78, 5) is 19.4. The van der Waals surface area contributed by atoms with Crippen LogP contribution in [0.4, 0.5) is 0 Å². The molecule has 0 unspecified atom stereocenters. The van der Waals surface area contributed by atoms with Crippen molar-refractivity contribution in [1.29, 1.82) is 0 Å². The second-order valence-electron chi connectivity index (χ2n) is 6.43. The number of morpholine rings is 1. The molecule has 1 aromatic heterocycles. The normalized spacial score (nSPS) is 23.3. The molecule has 2 heterocycles. The highest BCUT2D eigenvalue weighted by atomic mass is 16.5. The van der Waals surface area contributed by atoms with Crippen LogP contribution in [0.2, 0.25) is 0 Å². The van der Waals surface area contributed by atoms with Crippen molar-refractivity contribution < 1.29 is 9.53 Å². The van der Waals surface area contributed by atoms with E-state index < -0.39 is 0 Å². The highest BCUT2D eigenvalue weighted by Gasteiger charge is 2.35. The third kappa shape index (κ3) is 2.71. The number of benzene rings is 1. The van der Waals surface area contributed by atoms with Crippen molar-refractivity contribution in [2.75, 3.05) is 19.7 Å². The van der Waals surface area contributed by atoms with Crippen LogP contribution in [0.5, 0.6) is 0 Å². The van der Waals surface area contributed by atoms with E-state index in [-0.39, 0.29) is 17.9 Å². The topological polar surface area (TPSA) is 71.1 Å². The molecule has 1 aliphatic carbocycles. The summed E-state index contributed by atoms with van der Waals surface area (Å²) in [5, 5.41) is 7.16. The first kappa shape index (κ1) is 15.3. The van der Waals surface area contributed by atoms with E-state index in [4.69, 9.17) is 4.74 Å². The van der Waals surface area contributed by atoms with Gasteiger partial charge >= 0.3 is 0 Å². The van der Waals surface area contributed by atoms with Crippen LogP contribution in [0.1, 0.15) is 48.1 Å². The summed E-state index contributed by atoms with van der Waals surface area (Å²) < 4.78 is 5.80. The van der Waals surface area contributed by atoms with Gasteiger partial charge in [0.2, 0.25) is 5.91 Å². The lowest BCUT2D eigenvalue weighted by atomic mass is 9.99. The Morgan fingerprint density at radius 3 is 3.12 bits per heavy atom. The molecule has 2 aliphatic rings. The Balaban J connectivity index is 1.49. The fourth-order valence-corrected chi connectivity index (χ4v) is 3.65. The number of carbonyl (C=O) groups is 1. The van der Waals surface area contributed by atoms with E-state index >= 15 is 0 Å². The maximum absolute atomic E-state index is 13.0. The summed E-state index contributed by atoms with van der Waals surface area (Å²) in [7, 11) is 0. The number of rotatable bonds is 3. The number of fused-ring (bicyclic) bond motifs is 1. The molecule has 126 valence electrons. The first-order valence-corrected chi connectivity index (χ1v) is 8.65. The lowest BCUT2D eigenvalue weighted by molar-refractivity contribution is -0.140. The molecule has 1 amide bonds. The quantitative estimate of drug-likeness (QED) is 0.936. The second kappa shape index (κ2) is 6.36. The van der Waals surface area contributed by atoms with Crippen molar-refractivity contribution in [3.05, 3.63) is 47.0 Å². The summed E-state index contributed by atoms with van der Waals surface area (Å²) in [6, 6.07) is 8.29. The molecule has 6 heteroatoms. The van der Waals surface area contributed by atoms with E-state index in [0.29, 0.717) is 25.5 Å². The van der Waals surface area contributed by atoms with Gasteiger partial charge in [0.1, 0.15) is 11.9 Å². The molecule has 1 fully saturated rings. The van der Waals surface area contributed by atoms with Gasteiger partial charge < -0.3 is 9.64 Å². The van der Waals surface area contributed by atoms with Crippen LogP contribution in [0.25, 0.3) is 0 Å². The molecule has 1 aromatic carbocycles. The highest BCUT2D eigenvalue weighted by Crippen LogP contribution is 2.35. The van der Waals surface area contributed by atoms with Crippen molar-refractivity contribution in [2.24, 2.45) is 0 Å². The Morgan fingerprint density at radius 2 is 2.29 bits per heavy atom. The zero-order chi connectivity index (χ0) is 16.5. The molecule has 1 aliphatic heterocycles. The van der Waals surface area contributed by atoms with Crippen LogP contribution >= 0.6 is 0 Å². The van der Waals surface area contributed by atoms with Crippen LogP contribution in [-0.4, -0.2) is 45.7 Å². The predicted molar refractivity (Wildman–Crippen MR) is 88.5 cm³/mol. The molecule has 4 rings (SSSR count). The zero-order valence-corrected chi connectivity index (χ0v) is 13.9. The van der Waals surface area contributed by atoms with Gasteiger partial charge in [-0.2, -0.15) is 5.10 Å². The molecule has 2 atom stereocenters. The Bertz CT molecular complexity index is 742. The van der Waals surface area contributed by atoms with Gasteiger partial charge in [0.25, 0.3) is 0 Å². The number of nitrogens with one attached hydrogen (secondary N) is 1. The van der Waals surface area contributed by atoms with E-state index in [1.54, 1.807) is 0 Å². The second-order valence-corrected chi connectivity index (χ2v) is 6.43. The van der Waals surface area contributed by atoms with Gasteiger partial charge in [0.05, 0.1) is 19.1 Å². The Hall–Kier alpha value is -2.21. The first-order chi connectivity index (χ1) is 11.8. The number of aromatic amines is 1. The van der Waals surface area contributed by atoms with E-state index in [1.165, 1.54) is 11.1 Å². The van der Waals surface area contributed by atoms with Crippen molar-refractivity contribution in [3.63, 3.8) is 0 Å². The molecule has 0 bridgehead atoms. The fraction of sp³-hybridized carbons (Fsp3) is 0.500. The van der Waals surface area contributed by atoms with Crippen molar-refractivity contribution >= 4 is 5.91 Å². The summed E-state index contributed by atoms with van der Waals surface area (Å²) in [6.07, 6.45) is 2.46. The van der Waals surface area contributed by atoms with Gasteiger partial charge in [-0.15, -0.1) is 0 Å². The molecular formula is C18H22N4O2. The maximum atomic E-state index is 13.0. The summed E-state index contributed by atoms with van der Waals surface area (Å²) in [5.41, 5.74) is 2.50. The number of aryl methyl sites for hydroxylation is 2. The third-order valence-electron chi connectivity index (χ3n) is 4.98. The summed E-state index contributed by atoms with van der Waals surface area (Å²) in [5.74, 6) is 1.69. The Kier molecular flexibility index (Phi) is 4.06. The number of carbonyl (C=O) groups excluding carboxylic acids is 1. The van der Waals surface area contributed by atoms with Crippen LogP contribution in [0, 0.1) is 0 Å². The average Bonchev–Trinajstić information content (AvgIpc) is 3.28. The molecule has 24 heavy (non-hydrogen) atoms. The van der Waals surface area contributed by atoms with Crippen LogP contribution < -0.4 is 0 Å². The number of ether oxygens (including phenoxy) is 1. The summed E-state index contributed by atoms with van der Waals surface area (Å²) in [6.45, 7) is 3.72. The maximum Gasteiger partial charge on any atom is 0.230 e. The lowest BCUT2D eigenvalue weighted by Gasteiger charge is -2.33. The smallest absolute Gasteiger partial charge is 0.230 e. The SMILES string of the molecule is CCc1nc([C@H]2CN(C(=O)[C@@H]3CCc4ccccc43)CCO2)n[nH]1. The monoisotopic (exact) mass is 326 g/mol. The molecule has 1 saturated heterocycles. The first-order valence-electron chi connectivity index (χ1n) is 8.65. The van der Waals surface area contributed by atoms with Crippen LogP contribution in [0.3, 0.4) is 0 Å². The van der Waals surface area contributed by atoms with Crippen molar-refractivity contribution in [2.45, 2.75) is 38.2 Å². The van der Waals surface area contributed by atoms with Gasteiger partial charge in [-0.1, -0.05) is 31.2 Å². The molecule has 0 radical (unpaired) electrons. The van der Waals surface area contributed by atoms with Crippen molar-refractivity contribution in [3.8, 4) is 0 Å². The number of nitrogens with zero attached hydrogens (tertiary/aromatic N) is 3. The number of hydrogen-bond donors (Lipinski definition) is 1. The van der Waals surface area contributed by atoms with Crippen LogP contribution in [-0.2, 0) is 22.4 Å². The molecule has 0 spiro atoms. The minimum atomic E-state index is -0.240. The van der Waals surface area contributed by atoms with Gasteiger partial charge in [-0.05, 0) is 24.0 Å². The third-order valence-corrected chi connectivity index (χ3v) is 4.98. The Morgan fingerprint density at radius 1 is 1.42 bits per heavy atom. The number of hydrogen-bond acceptors (Lipinski definition) is 4. The van der Waals surface area contributed by atoms with Crippen LogP contribution in [0.15, 0.2) is 24.3 Å².